The van der Waals surface area contributed by atoms with Gasteiger partial charge in [-0.2, -0.15) is 0 Å². The Kier molecular flexibility index (Phi) is 3.85. The summed E-state index contributed by atoms with van der Waals surface area (Å²) < 4.78 is 0. The first-order chi connectivity index (χ1) is 7.70. The van der Waals surface area contributed by atoms with Crippen LogP contribution in [0.4, 0.5) is 0 Å². The molecule has 1 amide bonds. The van der Waals surface area contributed by atoms with Crippen LogP contribution in [0.25, 0.3) is 0 Å². The number of rotatable bonds is 2. The van der Waals surface area contributed by atoms with Crippen molar-refractivity contribution in [3.63, 3.8) is 0 Å². The van der Waals surface area contributed by atoms with E-state index < -0.39 is 0 Å². The Balaban J connectivity index is 1.87. The van der Waals surface area contributed by atoms with E-state index in [9.17, 15) is 4.79 Å². The van der Waals surface area contributed by atoms with E-state index in [0.717, 1.165) is 38.5 Å². The van der Waals surface area contributed by atoms with Crippen molar-refractivity contribution in [1.29, 1.82) is 0 Å². The fourth-order valence-corrected chi connectivity index (χ4v) is 2.97. The molecule has 0 bridgehead atoms. The Morgan fingerprint density at radius 3 is 2.88 bits per heavy atom. The fraction of sp³-hybridized carbons (Fsp3) is 0.923. The number of carbonyl (C=O) groups is 1. The molecule has 0 aromatic rings. The molecular formula is C13H24N2O. The predicted molar refractivity (Wildman–Crippen MR) is 65.1 cm³/mol. The van der Waals surface area contributed by atoms with Gasteiger partial charge in [-0.3, -0.25) is 4.79 Å². The van der Waals surface area contributed by atoms with Crippen LogP contribution >= 0.6 is 0 Å². The average Bonchev–Trinajstić information content (AvgIpc) is 2.76. The monoisotopic (exact) mass is 224 g/mol. The lowest BCUT2D eigenvalue weighted by molar-refractivity contribution is -0.135. The van der Waals surface area contributed by atoms with Crippen LogP contribution < -0.4 is 5.32 Å². The zero-order valence-corrected chi connectivity index (χ0v) is 10.5. The second-order valence-corrected chi connectivity index (χ2v) is 5.54. The number of amides is 1. The van der Waals surface area contributed by atoms with Crippen molar-refractivity contribution < 1.29 is 4.79 Å². The van der Waals surface area contributed by atoms with Gasteiger partial charge >= 0.3 is 0 Å². The van der Waals surface area contributed by atoms with Crippen molar-refractivity contribution in [2.45, 2.75) is 33.1 Å². The third-order valence-electron chi connectivity index (χ3n) is 4.09. The molecule has 1 N–H and O–H groups in total. The summed E-state index contributed by atoms with van der Waals surface area (Å²) in [5, 5.41) is 3.37. The zero-order chi connectivity index (χ0) is 11.5. The SMILES string of the molecule is CCC1CCN(C(=O)C2CNCC(C)C2)C1. The van der Waals surface area contributed by atoms with Crippen LogP contribution in [-0.4, -0.2) is 37.0 Å². The van der Waals surface area contributed by atoms with E-state index in [-0.39, 0.29) is 5.92 Å². The lowest BCUT2D eigenvalue weighted by atomic mass is 9.91. The van der Waals surface area contributed by atoms with E-state index in [1.54, 1.807) is 0 Å². The number of piperidine rings is 1. The Hall–Kier alpha value is -0.570. The second kappa shape index (κ2) is 5.17. The number of hydrogen-bond donors (Lipinski definition) is 1. The first-order valence-corrected chi connectivity index (χ1v) is 6.70. The highest BCUT2D eigenvalue weighted by Gasteiger charge is 2.32. The fourth-order valence-electron chi connectivity index (χ4n) is 2.97. The maximum Gasteiger partial charge on any atom is 0.226 e. The topological polar surface area (TPSA) is 32.3 Å². The molecule has 2 saturated heterocycles. The van der Waals surface area contributed by atoms with Gasteiger partial charge in [0.25, 0.3) is 0 Å². The highest BCUT2D eigenvalue weighted by molar-refractivity contribution is 5.79. The van der Waals surface area contributed by atoms with E-state index in [1.165, 1.54) is 12.8 Å². The van der Waals surface area contributed by atoms with Gasteiger partial charge in [-0.1, -0.05) is 20.3 Å². The van der Waals surface area contributed by atoms with Crippen LogP contribution in [0, 0.1) is 17.8 Å². The molecule has 0 spiro atoms. The molecule has 3 atom stereocenters. The van der Waals surface area contributed by atoms with Crippen LogP contribution in [0.15, 0.2) is 0 Å². The van der Waals surface area contributed by atoms with Gasteiger partial charge in [-0.05, 0) is 31.2 Å². The van der Waals surface area contributed by atoms with Crippen LogP contribution in [0.1, 0.15) is 33.1 Å². The van der Waals surface area contributed by atoms with Gasteiger partial charge in [-0.25, -0.2) is 0 Å². The second-order valence-electron chi connectivity index (χ2n) is 5.54. The van der Waals surface area contributed by atoms with Gasteiger partial charge in [0, 0.05) is 19.6 Å². The smallest absolute Gasteiger partial charge is 0.226 e. The van der Waals surface area contributed by atoms with Crippen molar-refractivity contribution in [1.82, 2.24) is 10.2 Å². The summed E-state index contributed by atoms with van der Waals surface area (Å²) in [6.07, 6.45) is 3.49. The maximum absolute atomic E-state index is 12.3. The third kappa shape index (κ3) is 2.57. The van der Waals surface area contributed by atoms with Crippen LogP contribution in [0.2, 0.25) is 0 Å². The van der Waals surface area contributed by atoms with E-state index in [4.69, 9.17) is 0 Å². The number of carbonyl (C=O) groups excluding carboxylic acids is 1. The Morgan fingerprint density at radius 2 is 2.25 bits per heavy atom. The van der Waals surface area contributed by atoms with Gasteiger partial charge in [-0.15, -0.1) is 0 Å². The molecular weight excluding hydrogens is 200 g/mol. The van der Waals surface area contributed by atoms with Gasteiger partial charge in [0.1, 0.15) is 0 Å². The standard InChI is InChI=1S/C13H24N2O/c1-3-11-4-5-15(9-11)13(16)12-6-10(2)7-14-8-12/h10-12,14H,3-9H2,1-2H3. The molecule has 2 aliphatic heterocycles. The molecule has 0 aromatic heterocycles. The molecule has 0 radical (unpaired) electrons. The van der Waals surface area contributed by atoms with Crippen LogP contribution in [-0.2, 0) is 4.79 Å². The summed E-state index contributed by atoms with van der Waals surface area (Å²) in [7, 11) is 0. The van der Waals surface area contributed by atoms with Crippen molar-refractivity contribution >= 4 is 5.91 Å². The number of hydrogen-bond acceptors (Lipinski definition) is 2. The number of nitrogens with zero attached hydrogens (tertiary/aromatic N) is 1. The lowest BCUT2D eigenvalue weighted by Crippen LogP contribution is -2.44. The highest BCUT2D eigenvalue weighted by Crippen LogP contribution is 2.24. The molecule has 2 aliphatic rings. The van der Waals surface area contributed by atoms with E-state index in [0.29, 0.717) is 11.8 Å². The molecule has 16 heavy (non-hydrogen) atoms. The predicted octanol–water partition coefficient (Wildman–Crippen LogP) is 1.49. The van der Waals surface area contributed by atoms with Gasteiger partial charge in [0.15, 0.2) is 0 Å². The number of likely N-dealkylation sites (tertiary alicyclic amines) is 1. The summed E-state index contributed by atoms with van der Waals surface area (Å²) in [6, 6.07) is 0. The van der Waals surface area contributed by atoms with Gasteiger partial charge in [0.2, 0.25) is 5.91 Å². The maximum atomic E-state index is 12.3. The van der Waals surface area contributed by atoms with Crippen LogP contribution in [0.5, 0.6) is 0 Å². The molecule has 0 saturated carbocycles. The minimum absolute atomic E-state index is 0.236. The molecule has 3 heteroatoms. The number of nitrogens with one attached hydrogen (secondary N) is 1. The molecule has 0 aliphatic carbocycles. The molecule has 3 nitrogen and oxygen atoms in total. The lowest BCUT2D eigenvalue weighted by Gasteiger charge is -2.30. The van der Waals surface area contributed by atoms with E-state index in [2.05, 4.69) is 24.1 Å². The summed E-state index contributed by atoms with van der Waals surface area (Å²) in [5.74, 6) is 2.03. The molecule has 2 rings (SSSR count). The average molecular weight is 224 g/mol. The van der Waals surface area contributed by atoms with E-state index in [1.807, 2.05) is 0 Å². The molecule has 92 valence electrons. The minimum atomic E-state index is 0.236. The van der Waals surface area contributed by atoms with Crippen LogP contribution in [0.3, 0.4) is 0 Å². The van der Waals surface area contributed by atoms with Crippen molar-refractivity contribution in [2.24, 2.45) is 17.8 Å². The summed E-state index contributed by atoms with van der Waals surface area (Å²) in [5.41, 5.74) is 0. The Bertz CT molecular complexity index is 254. The Morgan fingerprint density at radius 1 is 1.44 bits per heavy atom. The first kappa shape index (κ1) is 11.9. The first-order valence-electron chi connectivity index (χ1n) is 6.70. The largest absolute Gasteiger partial charge is 0.342 e. The quantitative estimate of drug-likeness (QED) is 0.771. The van der Waals surface area contributed by atoms with Gasteiger partial charge < -0.3 is 10.2 Å². The third-order valence-corrected chi connectivity index (χ3v) is 4.09. The van der Waals surface area contributed by atoms with Crippen molar-refractivity contribution in [3.8, 4) is 0 Å². The molecule has 2 heterocycles. The molecule has 0 aromatic carbocycles. The highest BCUT2D eigenvalue weighted by atomic mass is 16.2. The normalized spacial score (nSPS) is 35.4. The van der Waals surface area contributed by atoms with Crippen molar-refractivity contribution in [2.75, 3.05) is 26.2 Å². The minimum Gasteiger partial charge on any atom is -0.342 e. The summed E-state index contributed by atoms with van der Waals surface area (Å²) in [4.78, 5) is 14.4. The summed E-state index contributed by atoms with van der Waals surface area (Å²) >= 11 is 0. The molecule has 2 fully saturated rings. The zero-order valence-electron chi connectivity index (χ0n) is 10.5. The van der Waals surface area contributed by atoms with Gasteiger partial charge in [0.05, 0.1) is 5.92 Å². The molecule has 3 unspecified atom stereocenters. The Labute approximate surface area is 98.6 Å². The van der Waals surface area contributed by atoms with Crippen molar-refractivity contribution in [3.05, 3.63) is 0 Å². The summed E-state index contributed by atoms with van der Waals surface area (Å²) in [6.45, 7) is 8.40. The van der Waals surface area contributed by atoms with E-state index >= 15 is 0 Å².